The van der Waals surface area contributed by atoms with E-state index in [1.54, 1.807) is 7.05 Å². The molecule has 0 amide bonds. The van der Waals surface area contributed by atoms with Crippen molar-refractivity contribution in [3.63, 3.8) is 0 Å². The summed E-state index contributed by atoms with van der Waals surface area (Å²) in [7, 11) is 1.80. The van der Waals surface area contributed by atoms with Crippen molar-refractivity contribution in [2.75, 3.05) is 40.0 Å². The van der Waals surface area contributed by atoms with Crippen LogP contribution in [0.5, 0.6) is 0 Å². The molecule has 0 aromatic heterocycles. The Morgan fingerprint density at radius 2 is 2.12 bits per heavy atom. The summed E-state index contributed by atoms with van der Waals surface area (Å²) in [5.74, 6) is 0.851. The molecule has 1 aliphatic heterocycles. The van der Waals surface area contributed by atoms with Crippen molar-refractivity contribution in [3.8, 4) is 0 Å². The van der Waals surface area contributed by atoms with Crippen LogP contribution >= 0.6 is 0 Å². The SMILES string of the molecule is CN=C(NCCCOC1CCOC1)NCCc1ccc(C)cc1C. The van der Waals surface area contributed by atoms with Gasteiger partial charge in [-0.1, -0.05) is 23.8 Å². The molecule has 0 saturated carbocycles. The van der Waals surface area contributed by atoms with E-state index in [1.165, 1.54) is 16.7 Å². The minimum absolute atomic E-state index is 0.292. The summed E-state index contributed by atoms with van der Waals surface area (Å²) in [6.07, 6.45) is 3.28. The molecule has 1 unspecified atom stereocenters. The highest BCUT2D eigenvalue weighted by molar-refractivity contribution is 5.79. The van der Waals surface area contributed by atoms with Crippen LogP contribution in [-0.2, 0) is 15.9 Å². The Balaban J connectivity index is 1.58. The third kappa shape index (κ3) is 6.49. The zero-order chi connectivity index (χ0) is 17.2. The molecular formula is C19H31N3O2. The van der Waals surface area contributed by atoms with Crippen molar-refractivity contribution in [1.29, 1.82) is 0 Å². The van der Waals surface area contributed by atoms with Gasteiger partial charge in [0.2, 0.25) is 0 Å². The molecule has 0 spiro atoms. The highest BCUT2D eigenvalue weighted by Crippen LogP contribution is 2.10. The molecule has 5 heteroatoms. The lowest BCUT2D eigenvalue weighted by atomic mass is 10.0. The summed E-state index contributed by atoms with van der Waals surface area (Å²) < 4.78 is 11.1. The van der Waals surface area contributed by atoms with Gasteiger partial charge in [-0.2, -0.15) is 0 Å². The van der Waals surface area contributed by atoms with Gasteiger partial charge in [0.15, 0.2) is 5.96 Å². The quantitative estimate of drug-likeness (QED) is 0.435. The van der Waals surface area contributed by atoms with Crippen molar-refractivity contribution in [2.45, 2.75) is 39.2 Å². The summed E-state index contributed by atoms with van der Waals surface area (Å²) in [5, 5.41) is 6.70. The van der Waals surface area contributed by atoms with Gasteiger partial charge in [0.25, 0.3) is 0 Å². The number of hydrogen-bond acceptors (Lipinski definition) is 3. The van der Waals surface area contributed by atoms with E-state index in [2.05, 4.69) is 47.7 Å². The zero-order valence-corrected chi connectivity index (χ0v) is 15.2. The fraction of sp³-hybridized carbons (Fsp3) is 0.632. The second-order valence-corrected chi connectivity index (χ2v) is 6.32. The Bertz CT molecular complexity index is 525. The summed E-state index contributed by atoms with van der Waals surface area (Å²) in [6, 6.07) is 6.62. The van der Waals surface area contributed by atoms with Crippen LogP contribution in [0.2, 0.25) is 0 Å². The number of nitrogens with zero attached hydrogens (tertiary/aromatic N) is 1. The molecule has 1 aromatic rings. The predicted molar refractivity (Wildman–Crippen MR) is 98.8 cm³/mol. The molecular weight excluding hydrogens is 302 g/mol. The van der Waals surface area contributed by atoms with E-state index in [4.69, 9.17) is 9.47 Å². The molecule has 2 rings (SSSR count). The largest absolute Gasteiger partial charge is 0.379 e. The summed E-state index contributed by atoms with van der Waals surface area (Å²) in [6.45, 7) is 8.38. The zero-order valence-electron chi connectivity index (χ0n) is 15.2. The summed E-state index contributed by atoms with van der Waals surface area (Å²) in [4.78, 5) is 4.26. The molecule has 1 aliphatic rings. The van der Waals surface area contributed by atoms with Crippen LogP contribution in [0.4, 0.5) is 0 Å². The lowest BCUT2D eigenvalue weighted by molar-refractivity contribution is 0.0420. The molecule has 1 fully saturated rings. The molecule has 1 aromatic carbocycles. The van der Waals surface area contributed by atoms with Gasteiger partial charge in [-0.25, -0.2) is 0 Å². The minimum Gasteiger partial charge on any atom is -0.379 e. The van der Waals surface area contributed by atoms with E-state index in [9.17, 15) is 0 Å². The standard InChI is InChI=1S/C19H31N3O2/c1-15-5-6-17(16(2)13-15)7-10-22-19(20-3)21-9-4-11-24-18-8-12-23-14-18/h5-6,13,18H,4,7-12,14H2,1-3H3,(H2,20,21,22). The number of benzene rings is 1. The predicted octanol–water partition coefficient (Wildman–Crippen LogP) is 2.21. The maximum absolute atomic E-state index is 5.75. The Labute approximate surface area is 145 Å². The van der Waals surface area contributed by atoms with Gasteiger partial charge in [0, 0.05) is 33.4 Å². The normalized spacial score (nSPS) is 18.0. The molecule has 0 bridgehead atoms. The first-order chi connectivity index (χ1) is 11.7. The second kappa shape index (κ2) is 10.3. The van der Waals surface area contributed by atoms with Crippen molar-refractivity contribution < 1.29 is 9.47 Å². The molecule has 0 radical (unpaired) electrons. The first-order valence-electron chi connectivity index (χ1n) is 8.89. The maximum atomic E-state index is 5.75. The average molecular weight is 333 g/mol. The minimum atomic E-state index is 0.292. The van der Waals surface area contributed by atoms with Crippen LogP contribution in [-0.4, -0.2) is 52.0 Å². The molecule has 0 aliphatic carbocycles. The highest BCUT2D eigenvalue weighted by Gasteiger charge is 2.15. The van der Waals surface area contributed by atoms with E-state index < -0.39 is 0 Å². The van der Waals surface area contributed by atoms with Gasteiger partial charge < -0.3 is 20.1 Å². The topological polar surface area (TPSA) is 54.9 Å². The van der Waals surface area contributed by atoms with Crippen molar-refractivity contribution in [3.05, 3.63) is 34.9 Å². The Morgan fingerprint density at radius 1 is 1.29 bits per heavy atom. The van der Waals surface area contributed by atoms with Crippen molar-refractivity contribution in [1.82, 2.24) is 10.6 Å². The van der Waals surface area contributed by atoms with Gasteiger partial charge >= 0.3 is 0 Å². The van der Waals surface area contributed by atoms with E-state index in [-0.39, 0.29) is 0 Å². The third-order valence-corrected chi connectivity index (χ3v) is 4.26. The van der Waals surface area contributed by atoms with Crippen LogP contribution in [0.1, 0.15) is 29.5 Å². The monoisotopic (exact) mass is 333 g/mol. The van der Waals surface area contributed by atoms with Crippen LogP contribution in [0.25, 0.3) is 0 Å². The molecule has 5 nitrogen and oxygen atoms in total. The molecule has 24 heavy (non-hydrogen) atoms. The van der Waals surface area contributed by atoms with Gasteiger partial charge in [-0.05, 0) is 44.2 Å². The van der Waals surface area contributed by atoms with Gasteiger partial charge in [0.1, 0.15) is 0 Å². The smallest absolute Gasteiger partial charge is 0.190 e. The van der Waals surface area contributed by atoms with E-state index in [0.717, 1.165) is 58.1 Å². The first-order valence-corrected chi connectivity index (χ1v) is 8.89. The second-order valence-electron chi connectivity index (χ2n) is 6.32. The number of aryl methyl sites for hydroxylation is 2. The van der Waals surface area contributed by atoms with Crippen LogP contribution in [0, 0.1) is 13.8 Å². The lowest BCUT2D eigenvalue weighted by Gasteiger charge is -2.14. The van der Waals surface area contributed by atoms with E-state index in [1.807, 2.05) is 0 Å². The third-order valence-electron chi connectivity index (χ3n) is 4.26. The molecule has 1 atom stereocenters. The van der Waals surface area contributed by atoms with E-state index in [0.29, 0.717) is 6.10 Å². The van der Waals surface area contributed by atoms with Crippen molar-refractivity contribution in [2.24, 2.45) is 4.99 Å². The van der Waals surface area contributed by atoms with E-state index >= 15 is 0 Å². The highest BCUT2D eigenvalue weighted by atomic mass is 16.5. The summed E-state index contributed by atoms with van der Waals surface area (Å²) in [5.41, 5.74) is 4.05. The number of guanidine groups is 1. The van der Waals surface area contributed by atoms with Crippen molar-refractivity contribution >= 4 is 5.96 Å². The fourth-order valence-electron chi connectivity index (χ4n) is 2.84. The Hall–Kier alpha value is -1.59. The Morgan fingerprint density at radius 3 is 2.83 bits per heavy atom. The van der Waals surface area contributed by atoms with Crippen LogP contribution < -0.4 is 10.6 Å². The number of hydrogen-bond donors (Lipinski definition) is 2. The fourth-order valence-corrected chi connectivity index (χ4v) is 2.84. The van der Waals surface area contributed by atoms with Gasteiger partial charge in [-0.3, -0.25) is 4.99 Å². The molecule has 134 valence electrons. The lowest BCUT2D eigenvalue weighted by Crippen LogP contribution is -2.39. The van der Waals surface area contributed by atoms with Gasteiger partial charge in [0.05, 0.1) is 12.7 Å². The molecule has 2 N–H and O–H groups in total. The number of ether oxygens (including phenoxy) is 2. The number of nitrogens with one attached hydrogen (secondary N) is 2. The number of rotatable bonds is 8. The van der Waals surface area contributed by atoms with Gasteiger partial charge in [-0.15, -0.1) is 0 Å². The maximum Gasteiger partial charge on any atom is 0.190 e. The number of aliphatic imine (C=N–C) groups is 1. The first kappa shape index (κ1) is 18.7. The Kier molecular flexibility index (Phi) is 8.05. The average Bonchev–Trinajstić information content (AvgIpc) is 3.08. The summed E-state index contributed by atoms with van der Waals surface area (Å²) >= 11 is 0. The van der Waals surface area contributed by atoms with Crippen LogP contribution in [0.3, 0.4) is 0 Å². The molecule has 1 saturated heterocycles. The van der Waals surface area contributed by atoms with Crippen LogP contribution in [0.15, 0.2) is 23.2 Å². The molecule has 1 heterocycles.